The van der Waals surface area contributed by atoms with Crippen molar-refractivity contribution in [3.8, 4) is 11.1 Å². The van der Waals surface area contributed by atoms with Crippen LogP contribution in [0.15, 0.2) is 46.6 Å². The summed E-state index contributed by atoms with van der Waals surface area (Å²) >= 11 is 0. The second-order valence-electron chi connectivity index (χ2n) is 9.49. The number of hydrogen-bond donors (Lipinski definition) is 2. The Morgan fingerprint density at radius 2 is 1.82 bits per heavy atom. The SMILES string of the molecule is CN=C1NC(c2cc(-c3cnc4[nH]cc(C)c4c3)ccc2C)(C2CCC(OC)CC2)N=C1C. The van der Waals surface area contributed by atoms with Crippen LogP contribution < -0.4 is 5.32 Å². The molecule has 6 heteroatoms. The number of fused-ring (bicyclic) bond motifs is 1. The van der Waals surface area contributed by atoms with Crippen molar-refractivity contribution in [3.05, 3.63) is 53.3 Å². The van der Waals surface area contributed by atoms with Crippen molar-refractivity contribution in [2.24, 2.45) is 15.9 Å². The third-order valence-corrected chi connectivity index (χ3v) is 7.54. The number of ether oxygens (including phenoxy) is 1. The molecule has 2 aromatic heterocycles. The zero-order valence-electron chi connectivity index (χ0n) is 20.2. The van der Waals surface area contributed by atoms with Crippen LogP contribution >= 0.6 is 0 Å². The molecule has 1 unspecified atom stereocenters. The number of benzene rings is 1. The van der Waals surface area contributed by atoms with E-state index in [4.69, 9.17) is 9.73 Å². The first-order valence-corrected chi connectivity index (χ1v) is 11.8. The molecule has 1 atom stereocenters. The molecule has 6 nitrogen and oxygen atoms in total. The minimum atomic E-state index is -0.501. The Morgan fingerprint density at radius 3 is 2.52 bits per heavy atom. The van der Waals surface area contributed by atoms with Crippen LogP contribution in [0.25, 0.3) is 22.2 Å². The molecule has 1 aliphatic heterocycles. The molecule has 1 aromatic carbocycles. The summed E-state index contributed by atoms with van der Waals surface area (Å²) in [4.78, 5) is 17.7. The monoisotopic (exact) mass is 443 g/mol. The van der Waals surface area contributed by atoms with E-state index in [-0.39, 0.29) is 0 Å². The molecule has 1 aliphatic carbocycles. The van der Waals surface area contributed by atoms with Gasteiger partial charge in [-0.2, -0.15) is 0 Å². The first-order valence-electron chi connectivity index (χ1n) is 11.8. The number of rotatable bonds is 4. The molecule has 33 heavy (non-hydrogen) atoms. The summed E-state index contributed by atoms with van der Waals surface area (Å²) in [6, 6.07) is 8.95. The quantitative estimate of drug-likeness (QED) is 0.575. The molecule has 5 rings (SSSR count). The van der Waals surface area contributed by atoms with Crippen molar-refractivity contribution in [2.75, 3.05) is 14.2 Å². The molecule has 0 bridgehead atoms. The van der Waals surface area contributed by atoms with Crippen molar-refractivity contribution in [2.45, 2.75) is 58.2 Å². The fourth-order valence-corrected chi connectivity index (χ4v) is 5.60. The number of H-pyrrole nitrogens is 1. The highest BCUT2D eigenvalue weighted by Crippen LogP contribution is 2.45. The number of aryl methyl sites for hydroxylation is 2. The van der Waals surface area contributed by atoms with Gasteiger partial charge in [-0.1, -0.05) is 12.1 Å². The van der Waals surface area contributed by atoms with Gasteiger partial charge in [0.25, 0.3) is 0 Å². The Balaban J connectivity index is 1.61. The van der Waals surface area contributed by atoms with E-state index in [1.165, 1.54) is 16.7 Å². The van der Waals surface area contributed by atoms with Crippen LogP contribution in [-0.4, -0.2) is 41.8 Å². The predicted molar refractivity (Wildman–Crippen MR) is 135 cm³/mol. The lowest BCUT2D eigenvalue weighted by Crippen LogP contribution is -2.48. The highest BCUT2D eigenvalue weighted by atomic mass is 16.5. The van der Waals surface area contributed by atoms with E-state index in [0.29, 0.717) is 12.0 Å². The summed E-state index contributed by atoms with van der Waals surface area (Å²) in [5.74, 6) is 1.26. The second kappa shape index (κ2) is 8.41. The number of aromatic amines is 1. The normalized spacial score (nSPS) is 26.6. The van der Waals surface area contributed by atoms with E-state index in [0.717, 1.165) is 59.4 Å². The fourth-order valence-electron chi connectivity index (χ4n) is 5.60. The number of aromatic nitrogens is 2. The van der Waals surface area contributed by atoms with E-state index in [2.05, 4.69) is 65.3 Å². The first kappa shape index (κ1) is 21.8. The summed E-state index contributed by atoms with van der Waals surface area (Å²) in [5.41, 5.74) is 7.35. The molecular formula is C27H33N5O. The Bertz CT molecular complexity index is 1250. The van der Waals surface area contributed by atoms with Crippen molar-refractivity contribution in [1.82, 2.24) is 15.3 Å². The molecule has 0 saturated heterocycles. The van der Waals surface area contributed by atoms with Crippen LogP contribution in [0.1, 0.15) is 49.3 Å². The topological polar surface area (TPSA) is 74.7 Å². The number of nitrogens with zero attached hydrogens (tertiary/aromatic N) is 3. The number of pyridine rings is 1. The molecule has 3 heterocycles. The lowest BCUT2D eigenvalue weighted by Gasteiger charge is -2.40. The summed E-state index contributed by atoms with van der Waals surface area (Å²) in [6.45, 7) is 6.36. The van der Waals surface area contributed by atoms with Crippen LogP contribution in [-0.2, 0) is 10.4 Å². The van der Waals surface area contributed by atoms with Gasteiger partial charge in [0, 0.05) is 49.0 Å². The Morgan fingerprint density at radius 1 is 1.03 bits per heavy atom. The third kappa shape index (κ3) is 3.66. The van der Waals surface area contributed by atoms with Gasteiger partial charge >= 0.3 is 0 Å². The van der Waals surface area contributed by atoms with E-state index in [1.807, 2.05) is 26.6 Å². The van der Waals surface area contributed by atoms with Gasteiger partial charge in [-0.05, 0) is 75.3 Å². The van der Waals surface area contributed by atoms with Gasteiger partial charge in [-0.3, -0.25) is 9.98 Å². The van der Waals surface area contributed by atoms with Crippen LogP contribution in [0.5, 0.6) is 0 Å². The summed E-state index contributed by atoms with van der Waals surface area (Å²) < 4.78 is 5.65. The maximum Gasteiger partial charge on any atom is 0.160 e. The lowest BCUT2D eigenvalue weighted by atomic mass is 9.74. The zero-order valence-corrected chi connectivity index (χ0v) is 20.2. The van der Waals surface area contributed by atoms with Crippen molar-refractivity contribution < 1.29 is 4.74 Å². The Kier molecular flexibility index (Phi) is 5.57. The maximum atomic E-state index is 5.65. The molecule has 1 fully saturated rings. The first-order chi connectivity index (χ1) is 15.9. The number of aliphatic imine (C=N–C) groups is 2. The summed E-state index contributed by atoms with van der Waals surface area (Å²) in [7, 11) is 3.66. The molecule has 2 N–H and O–H groups in total. The van der Waals surface area contributed by atoms with Gasteiger partial charge in [0.2, 0.25) is 0 Å². The zero-order chi connectivity index (χ0) is 23.2. The lowest BCUT2D eigenvalue weighted by molar-refractivity contribution is 0.0395. The highest BCUT2D eigenvalue weighted by Gasteiger charge is 2.47. The van der Waals surface area contributed by atoms with Crippen molar-refractivity contribution in [1.29, 1.82) is 0 Å². The average molecular weight is 444 g/mol. The fraction of sp³-hybridized carbons (Fsp3) is 0.444. The minimum absolute atomic E-state index is 0.346. The predicted octanol–water partition coefficient (Wildman–Crippen LogP) is 5.30. The molecule has 1 saturated carbocycles. The second-order valence-corrected chi connectivity index (χ2v) is 9.49. The van der Waals surface area contributed by atoms with E-state index in [1.54, 1.807) is 0 Å². The van der Waals surface area contributed by atoms with Crippen LogP contribution in [0, 0.1) is 19.8 Å². The highest BCUT2D eigenvalue weighted by molar-refractivity contribution is 6.42. The van der Waals surface area contributed by atoms with Crippen molar-refractivity contribution in [3.63, 3.8) is 0 Å². The molecule has 0 amide bonds. The maximum absolute atomic E-state index is 5.65. The van der Waals surface area contributed by atoms with Gasteiger partial charge in [-0.25, -0.2) is 4.98 Å². The third-order valence-electron chi connectivity index (χ3n) is 7.54. The van der Waals surface area contributed by atoms with Gasteiger partial charge in [-0.15, -0.1) is 0 Å². The van der Waals surface area contributed by atoms with Crippen molar-refractivity contribution >= 4 is 22.6 Å². The number of hydrogen-bond acceptors (Lipinski definition) is 4. The molecule has 2 aliphatic rings. The summed E-state index contributed by atoms with van der Waals surface area (Å²) in [6.07, 6.45) is 8.57. The van der Waals surface area contributed by atoms with Gasteiger partial charge in [0.1, 0.15) is 11.5 Å². The molecule has 0 spiro atoms. The minimum Gasteiger partial charge on any atom is -0.381 e. The van der Waals surface area contributed by atoms with E-state index >= 15 is 0 Å². The van der Waals surface area contributed by atoms with Crippen LogP contribution in [0.3, 0.4) is 0 Å². The molecule has 3 aromatic rings. The average Bonchev–Trinajstić information content (AvgIpc) is 3.39. The number of amidine groups is 1. The largest absolute Gasteiger partial charge is 0.381 e. The van der Waals surface area contributed by atoms with Gasteiger partial charge < -0.3 is 15.0 Å². The smallest absolute Gasteiger partial charge is 0.160 e. The van der Waals surface area contributed by atoms with Gasteiger partial charge in [0.05, 0.1) is 11.8 Å². The van der Waals surface area contributed by atoms with Gasteiger partial charge in [0.15, 0.2) is 5.66 Å². The van der Waals surface area contributed by atoms with Crippen LogP contribution in [0.4, 0.5) is 0 Å². The summed E-state index contributed by atoms with van der Waals surface area (Å²) in [5, 5.41) is 4.92. The number of methoxy groups -OCH3 is 1. The molecule has 172 valence electrons. The number of nitrogens with one attached hydrogen (secondary N) is 2. The van der Waals surface area contributed by atoms with E-state index in [9.17, 15) is 0 Å². The molecular weight excluding hydrogens is 410 g/mol. The van der Waals surface area contributed by atoms with Crippen LogP contribution in [0.2, 0.25) is 0 Å². The van der Waals surface area contributed by atoms with E-state index < -0.39 is 5.66 Å². The Labute approximate surface area is 195 Å². The Hall–Kier alpha value is -2.99. The molecule has 0 radical (unpaired) electrons. The standard InChI is InChI=1S/C27H33N5O/c1-16-6-7-19(20-12-23-17(2)14-29-26(23)30-15-20)13-24(16)27(31-18(3)25(28-4)32-27)21-8-10-22(33-5)11-9-21/h6-7,12-15,21-22H,8-11H2,1-5H3,(H,28,32)(H,29,30).